The van der Waals surface area contributed by atoms with E-state index in [0.29, 0.717) is 6.42 Å². The van der Waals surface area contributed by atoms with Crippen molar-refractivity contribution in [3.05, 3.63) is 0 Å². The van der Waals surface area contributed by atoms with Crippen LogP contribution in [0.3, 0.4) is 0 Å². The molecule has 0 unspecified atom stereocenters. The summed E-state index contributed by atoms with van der Waals surface area (Å²) < 4.78 is 62.3. The highest BCUT2D eigenvalue weighted by atomic mass is 32.2. The molecule has 0 spiro atoms. The van der Waals surface area contributed by atoms with Gasteiger partial charge in [-0.15, -0.1) is 0 Å². The maximum atomic E-state index is 12.5. The molecule has 1 saturated heterocycles. The first-order valence-corrected chi connectivity index (χ1v) is 6.69. The zero-order valence-electron chi connectivity index (χ0n) is 8.84. The molecule has 0 aromatic carbocycles. The lowest BCUT2D eigenvalue weighted by Crippen LogP contribution is -2.45. The Morgan fingerprint density at radius 2 is 2.00 bits per heavy atom. The molecule has 0 aromatic heterocycles. The summed E-state index contributed by atoms with van der Waals surface area (Å²) in [5.41, 5.74) is 0. The van der Waals surface area contributed by atoms with Crippen LogP contribution in [0.5, 0.6) is 0 Å². The zero-order chi connectivity index (χ0) is 12.4. The molecule has 1 rings (SSSR count). The smallest absolute Gasteiger partial charge is 0.314 e. The molecule has 4 nitrogen and oxygen atoms in total. The molecule has 16 heavy (non-hydrogen) atoms. The summed E-state index contributed by atoms with van der Waals surface area (Å²) in [4.78, 5) is 0. The van der Waals surface area contributed by atoms with Crippen molar-refractivity contribution in [3.63, 3.8) is 0 Å². The molecule has 1 fully saturated rings. The van der Waals surface area contributed by atoms with Gasteiger partial charge in [-0.1, -0.05) is 6.92 Å². The van der Waals surface area contributed by atoms with Gasteiger partial charge in [0.2, 0.25) is 10.0 Å². The van der Waals surface area contributed by atoms with Crippen LogP contribution in [0.4, 0.5) is 13.2 Å². The standard InChI is InChI=1S/C8H15F3N2O2S/c1-2-3-16(14,15)13-7-5-12-4-6(7)8(9,10)11/h6-7,12-13H,2-5H2,1H3/t6-,7-/m1/s1. The van der Waals surface area contributed by atoms with Crippen molar-refractivity contribution >= 4 is 10.0 Å². The van der Waals surface area contributed by atoms with Crippen molar-refractivity contribution in [2.45, 2.75) is 25.6 Å². The highest BCUT2D eigenvalue weighted by Crippen LogP contribution is 2.30. The molecule has 0 radical (unpaired) electrons. The average Bonchev–Trinajstić information content (AvgIpc) is 2.49. The molecule has 1 heterocycles. The number of nitrogens with one attached hydrogen (secondary N) is 2. The Labute approximate surface area is 92.6 Å². The quantitative estimate of drug-likeness (QED) is 0.772. The Bertz CT molecular complexity index is 329. The van der Waals surface area contributed by atoms with Crippen LogP contribution in [0.1, 0.15) is 13.3 Å². The van der Waals surface area contributed by atoms with Gasteiger partial charge in [0.05, 0.1) is 11.7 Å². The van der Waals surface area contributed by atoms with Crippen molar-refractivity contribution in [2.24, 2.45) is 5.92 Å². The van der Waals surface area contributed by atoms with E-state index in [2.05, 4.69) is 10.0 Å². The summed E-state index contributed by atoms with van der Waals surface area (Å²) in [5, 5.41) is 2.55. The predicted octanol–water partition coefficient (Wildman–Crippen LogP) is 0.466. The first-order chi connectivity index (χ1) is 7.26. The first kappa shape index (κ1) is 13.7. The van der Waals surface area contributed by atoms with E-state index < -0.39 is 28.2 Å². The fraction of sp³-hybridized carbons (Fsp3) is 1.00. The molecule has 0 bridgehead atoms. The second-order valence-electron chi connectivity index (χ2n) is 3.85. The number of hydrogen-bond acceptors (Lipinski definition) is 3. The van der Waals surface area contributed by atoms with Gasteiger partial charge in [0.15, 0.2) is 0 Å². The van der Waals surface area contributed by atoms with Crippen molar-refractivity contribution in [1.82, 2.24) is 10.0 Å². The second kappa shape index (κ2) is 4.89. The predicted molar refractivity (Wildman–Crippen MR) is 53.4 cm³/mol. The average molecular weight is 260 g/mol. The summed E-state index contributed by atoms with van der Waals surface area (Å²) in [7, 11) is -3.60. The van der Waals surface area contributed by atoms with Gasteiger partial charge in [-0.2, -0.15) is 13.2 Å². The highest BCUT2D eigenvalue weighted by molar-refractivity contribution is 7.89. The number of hydrogen-bond donors (Lipinski definition) is 2. The van der Waals surface area contributed by atoms with Gasteiger partial charge in [-0.05, 0) is 6.42 Å². The van der Waals surface area contributed by atoms with E-state index in [9.17, 15) is 21.6 Å². The SMILES string of the molecule is CCCS(=O)(=O)N[C@@H]1CNC[C@H]1C(F)(F)F. The van der Waals surface area contributed by atoms with E-state index in [1.54, 1.807) is 6.92 Å². The molecule has 1 aliphatic heterocycles. The Morgan fingerprint density at radius 3 is 2.50 bits per heavy atom. The normalized spacial score (nSPS) is 27.2. The third kappa shape index (κ3) is 3.60. The van der Waals surface area contributed by atoms with E-state index in [4.69, 9.17) is 0 Å². The molecule has 0 saturated carbocycles. The van der Waals surface area contributed by atoms with Gasteiger partial charge in [0.25, 0.3) is 0 Å². The van der Waals surface area contributed by atoms with Crippen LogP contribution >= 0.6 is 0 Å². The van der Waals surface area contributed by atoms with Gasteiger partial charge >= 0.3 is 6.18 Å². The number of halogens is 3. The van der Waals surface area contributed by atoms with E-state index in [1.807, 2.05) is 0 Å². The second-order valence-corrected chi connectivity index (χ2v) is 5.72. The van der Waals surface area contributed by atoms with Gasteiger partial charge in [0, 0.05) is 19.1 Å². The summed E-state index contributed by atoms with van der Waals surface area (Å²) in [6.45, 7) is 1.45. The van der Waals surface area contributed by atoms with E-state index in [-0.39, 0.29) is 18.8 Å². The van der Waals surface area contributed by atoms with Crippen molar-refractivity contribution in [2.75, 3.05) is 18.8 Å². The van der Waals surface area contributed by atoms with Crippen LogP contribution in [-0.2, 0) is 10.0 Å². The van der Waals surface area contributed by atoms with E-state index in [1.165, 1.54) is 0 Å². The van der Waals surface area contributed by atoms with Crippen LogP contribution in [0.15, 0.2) is 0 Å². The van der Waals surface area contributed by atoms with Crippen molar-refractivity contribution < 1.29 is 21.6 Å². The minimum absolute atomic E-state index is 0.0210. The fourth-order valence-corrected chi connectivity index (χ4v) is 3.07. The summed E-state index contributed by atoms with van der Waals surface area (Å²) in [6, 6.07) is -1.09. The first-order valence-electron chi connectivity index (χ1n) is 5.03. The molecule has 1 aliphatic rings. The lowest BCUT2D eigenvalue weighted by atomic mass is 10.0. The molecular formula is C8H15F3N2O2S. The third-order valence-electron chi connectivity index (χ3n) is 2.44. The Balaban J connectivity index is 2.67. The Hall–Kier alpha value is -0.340. The lowest BCUT2D eigenvalue weighted by molar-refractivity contribution is -0.172. The molecule has 8 heteroatoms. The molecule has 0 amide bonds. The summed E-state index contributed by atoms with van der Waals surface area (Å²) in [6.07, 6.45) is -3.99. The maximum absolute atomic E-state index is 12.5. The van der Waals surface area contributed by atoms with Crippen LogP contribution in [0.25, 0.3) is 0 Å². The molecule has 0 aliphatic carbocycles. The number of alkyl halides is 3. The van der Waals surface area contributed by atoms with Gasteiger partial charge in [0.1, 0.15) is 0 Å². The van der Waals surface area contributed by atoms with Gasteiger partial charge in [-0.3, -0.25) is 0 Å². The molecule has 2 N–H and O–H groups in total. The van der Waals surface area contributed by atoms with Crippen LogP contribution in [-0.4, -0.2) is 39.5 Å². The minimum atomic E-state index is -4.37. The van der Waals surface area contributed by atoms with Gasteiger partial charge in [-0.25, -0.2) is 13.1 Å². The largest absolute Gasteiger partial charge is 0.394 e. The molecule has 0 aromatic rings. The van der Waals surface area contributed by atoms with E-state index in [0.717, 1.165) is 0 Å². The Morgan fingerprint density at radius 1 is 1.38 bits per heavy atom. The molecule has 2 atom stereocenters. The van der Waals surface area contributed by atoms with Crippen molar-refractivity contribution in [1.29, 1.82) is 0 Å². The third-order valence-corrected chi connectivity index (χ3v) is 4.05. The highest BCUT2D eigenvalue weighted by Gasteiger charge is 2.48. The van der Waals surface area contributed by atoms with Crippen LogP contribution in [0, 0.1) is 5.92 Å². The minimum Gasteiger partial charge on any atom is -0.314 e. The Kier molecular flexibility index (Phi) is 4.19. The molecule has 96 valence electrons. The maximum Gasteiger partial charge on any atom is 0.394 e. The van der Waals surface area contributed by atoms with Crippen molar-refractivity contribution in [3.8, 4) is 0 Å². The molecular weight excluding hydrogens is 245 g/mol. The van der Waals surface area contributed by atoms with Crippen LogP contribution in [0.2, 0.25) is 0 Å². The fourth-order valence-electron chi connectivity index (χ4n) is 1.70. The summed E-state index contributed by atoms with van der Waals surface area (Å²) >= 11 is 0. The number of rotatable bonds is 4. The monoisotopic (exact) mass is 260 g/mol. The number of sulfonamides is 1. The van der Waals surface area contributed by atoms with Gasteiger partial charge < -0.3 is 5.32 Å². The summed E-state index contributed by atoms with van der Waals surface area (Å²) in [5.74, 6) is -1.78. The topological polar surface area (TPSA) is 58.2 Å². The van der Waals surface area contributed by atoms with Crippen LogP contribution < -0.4 is 10.0 Å². The lowest BCUT2D eigenvalue weighted by Gasteiger charge is -2.22. The zero-order valence-corrected chi connectivity index (χ0v) is 9.66. The van der Waals surface area contributed by atoms with E-state index >= 15 is 0 Å².